The molecule has 1 aromatic carbocycles. The van der Waals surface area contributed by atoms with E-state index in [4.69, 9.17) is 0 Å². The quantitative estimate of drug-likeness (QED) is 0.574. The van der Waals surface area contributed by atoms with E-state index >= 15 is 0 Å². The summed E-state index contributed by atoms with van der Waals surface area (Å²) >= 11 is 3.40. The lowest BCUT2D eigenvalue weighted by Gasteiger charge is -2.34. The van der Waals surface area contributed by atoms with Crippen molar-refractivity contribution in [1.29, 1.82) is 0 Å². The summed E-state index contributed by atoms with van der Waals surface area (Å²) in [4.78, 5) is 34.6. The van der Waals surface area contributed by atoms with Crippen LogP contribution in [0.5, 0.6) is 0 Å². The van der Waals surface area contributed by atoms with E-state index in [0.29, 0.717) is 5.92 Å². The molecule has 0 aliphatic heterocycles. The van der Waals surface area contributed by atoms with Crippen molar-refractivity contribution in [3.05, 3.63) is 73.1 Å². The predicted molar refractivity (Wildman–Crippen MR) is 99.7 cm³/mol. The summed E-state index contributed by atoms with van der Waals surface area (Å²) in [6.45, 7) is -0.250. The molecule has 0 radical (unpaired) electrons. The molecule has 1 heterocycles. The molecule has 7 nitrogen and oxygen atoms in total. The van der Waals surface area contributed by atoms with Gasteiger partial charge in [0.1, 0.15) is 6.54 Å². The first-order valence-electron chi connectivity index (χ1n) is 8.34. The molecule has 1 N–H and O–H groups in total. The van der Waals surface area contributed by atoms with Crippen LogP contribution >= 0.6 is 15.9 Å². The summed E-state index contributed by atoms with van der Waals surface area (Å²) < 4.78 is 2.02. The number of aromatic nitrogens is 1. The van der Waals surface area contributed by atoms with Crippen LogP contribution in [0.2, 0.25) is 0 Å². The molecule has 2 aromatic rings. The Morgan fingerprint density at radius 1 is 1.27 bits per heavy atom. The van der Waals surface area contributed by atoms with E-state index in [0.717, 1.165) is 52.2 Å². The summed E-state index contributed by atoms with van der Waals surface area (Å²) in [5, 5.41) is 13.9. The molecule has 1 aromatic heterocycles. The lowest BCUT2D eigenvalue weighted by atomic mass is 9.77. The third kappa shape index (κ3) is 4.19. The average Bonchev–Trinajstić information content (AvgIpc) is 2.55. The molecule has 0 spiro atoms. The van der Waals surface area contributed by atoms with Gasteiger partial charge in [0.2, 0.25) is 5.91 Å². The van der Waals surface area contributed by atoms with E-state index < -0.39 is 10.5 Å². The molecule has 0 saturated heterocycles. The third-order valence-corrected chi connectivity index (χ3v) is 5.19. The number of hydrogen-bond acceptors (Lipinski definition) is 4. The molecule has 1 fully saturated rings. The fraction of sp³-hybridized carbons (Fsp3) is 0.333. The van der Waals surface area contributed by atoms with Crippen molar-refractivity contribution >= 4 is 27.5 Å². The maximum absolute atomic E-state index is 12.5. The highest BCUT2D eigenvalue weighted by molar-refractivity contribution is 9.10. The van der Waals surface area contributed by atoms with Gasteiger partial charge < -0.3 is 5.32 Å². The molecule has 1 aliphatic carbocycles. The fourth-order valence-corrected chi connectivity index (χ4v) is 3.31. The number of amides is 1. The van der Waals surface area contributed by atoms with Crippen LogP contribution in [0.4, 0.5) is 5.69 Å². The van der Waals surface area contributed by atoms with Crippen LogP contribution in [0.1, 0.15) is 30.9 Å². The summed E-state index contributed by atoms with van der Waals surface area (Å²) in [6.07, 6.45) is 4.31. The standard InChI is InChI=1S/C18H18BrN3O4/c19-14-6-4-13(5-7-14)18(12-2-1-3-12)20-16(23)11-21-10-15(22(25)26)8-9-17(21)24/h4-10,12,18H,1-3,11H2,(H,20,23). The SMILES string of the molecule is O=C(Cn1cc([N+](=O)[O-])ccc1=O)NC(c1ccc(Br)cc1)C1CCC1. The topological polar surface area (TPSA) is 94.2 Å². The highest BCUT2D eigenvalue weighted by atomic mass is 79.9. The number of hydrogen-bond donors (Lipinski definition) is 1. The Morgan fingerprint density at radius 3 is 2.54 bits per heavy atom. The lowest BCUT2D eigenvalue weighted by Crippen LogP contribution is -2.39. The van der Waals surface area contributed by atoms with Crippen molar-refractivity contribution in [2.75, 3.05) is 0 Å². The number of rotatable bonds is 6. The minimum atomic E-state index is -0.590. The average molecular weight is 420 g/mol. The zero-order valence-electron chi connectivity index (χ0n) is 13.9. The van der Waals surface area contributed by atoms with Gasteiger partial charge in [-0.2, -0.15) is 0 Å². The molecule has 1 amide bonds. The highest BCUT2D eigenvalue weighted by Gasteiger charge is 2.29. The first-order valence-corrected chi connectivity index (χ1v) is 9.13. The molecule has 136 valence electrons. The van der Waals surface area contributed by atoms with Gasteiger partial charge in [0.25, 0.3) is 11.2 Å². The number of nitro groups is 1. The fourth-order valence-electron chi connectivity index (χ4n) is 3.04. The molecule has 1 saturated carbocycles. The van der Waals surface area contributed by atoms with Crippen molar-refractivity contribution < 1.29 is 9.72 Å². The van der Waals surface area contributed by atoms with Crippen LogP contribution in [0, 0.1) is 16.0 Å². The molecular formula is C18H18BrN3O4. The smallest absolute Gasteiger partial charge is 0.285 e. The number of benzene rings is 1. The molecular weight excluding hydrogens is 402 g/mol. The summed E-state index contributed by atoms with van der Waals surface area (Å²) in [5.41, 5.74) is 0.341. The Labute approximate surface area is 158 Å². The number of carbonyl (C=O) groups excluding carboxylic acids is 1. The summed E-state index contributed by atoms with van der Waals surface area (Å²) in [7, 11) is 0. The van der Waals surface area contributed by atoms with Crippen LogP contribution < -0.4 is 10.9 Å². The zero-order valence-corrected chi connectivity index (χ0v) is 15.5. The maximum atomic E-state index is 12.5. The van der Waals surface area contributed by atoms with Crippen molar-refractivity contribution in [2.45, 2.75) is 31.8 Å². The van der Waals surface area contributed by atoms with Crippen LogP contribution in [0.3, 0.4) is 0 Å². The van der Waals surface area contributed by atoms with Gasteiger partial charge in [0.05, 0.1) is 17.2 Å². The van der Waals surface area contributed by atoms with E-state index in [9.17, 15) is 19.7 Å². The van der Waals surface area contributed by atoms with Crippen LogP contribution in [-0.2, 0) is 11.3 Å². The number of carbonyl (C=O) groups is 1. The minimum absolute atomic E-state index is 0.126. The third-order valence-electron chi connectivity index (χ3n) is 4.66. The van der Waals surface area contributed by atoms with E-state index in [1.54, 1.807) is 0 Å². The lowest BCUT2D eigenvalue weighted by molar-refractivity contribution is -0.385. The normalized spacial score (nSPS) is 15.1. The van der Waals surface area contributed by atoms with Gasteiger partial charge in [-0.1, -0.05) is 34.5 Å². The largest absolute Gasteiger partial charge is 0.347 e. The number of nitrogens with zero attached hydrogens (tertiary/aromatic N) is 2. The van der Waals surface area contributed by atoms with Gasteiger partial charge >= 0.3 is 0 Å². The van der Waals surface area contributed by atoms with Crippen molar-refractivity contribution in [2.24, 2.45) is 5.92 Å². The molecule has 1 atom stereocenters. The molecule has 1 unspecified atom stereocenters. The summed E-state index contributed by atoms with van der Waals surface area (Å²) in [6, 6.07) is 9.90. The Balaban J connectivity index is 1.76. The van der Waals surface area contributed by atoms with Crippen molar-refractivity contribution in [1.82, 2.24) is 9.88 Å². The Kier molecular flexibility index (Phi) is 5.51. The summed E-state index contributed by atoms with van der Waals surface area (Å²) in [5.74, 6) is 0.0226. The van der Waals surface area contributed by atoms with Crippen LogP contribution in [0.15, 0.2) is 51.9 Å². The van der Waals surface area contributed by atoms with Crippen LogP contribution in [-0.4, -0.2) is 15.4 Å². The van der Waals surface area contributed by atoms with Gasteiger partial charge in [-0.15, -0.1) is 0 Å². The number of pyridine rings is 1. The van der Waals surface area contributed by atoms with E-state index in [1.165, 1.54) is 0 Å². The van der Waals surface area contributed by atoms with Gasteiger partial charge in [-0.25, -0.2) is 0 Å². The molecule has 3 rings (SSSR count). The second-order valence-corrected chi connectivity index (χ2v) is 7.31. The molecule has 8 heteroatoms. The minimum Gasteiger partial charge on any atom is -0.347 e. The van der Waals surface area contributed by atoms with Crippen molar-refractivity contribution in [3.63, 3.8) is 0 Å². The van der Waals surface area contributed by atoms with Gasteiger partial charge in [-0.3, -0.25) is 24.3 Å². The van der Waals surface area contributed by atoms with Gasteiger partial charge in [0, 0.05) is 16.6 Å². The Morgan fingerprint density at radius 2 is 1.96 bits per heavy atom. The van der Waals surface area contributed by atoms with E-state index in [2.05, 4.69) is 21.2 Å². The van der Waals surface area contributed by atoms with Gasteiger partial charge in [0.15, 0.2) is 0 Å². The predicted octanol–water partition coefficient (Wildman–Crippen LogP) is 3.18. The van der Waals surface area contributed by atoms with Crippen LogP contribution in [0.25, 0.3) is 0 Å². The van der Waals surface area contributed by atoms with E-state index in [1.807, 2.05) is 24.3 Å². The Hall–Kier alpha value is -2.48. The first kappa shape index (κ1) is 18.3. The monoisotopic (exact) mass is 419 g/mol. The second kappa shape index (κ2) is 7.82. The van der Waals surface area contributed by atoms with Gasteiger partial charge in [-0.05, 0) is 36.5 Å². The first-order chi connectivity index (χ1) is 12.4. The Bertz CT molecular complexity index is 875. The molecule has 0 bridgehead atoms. The van der Waals surface area contributed by atoms with Crippen molar-refractivity contribution in [3.8, 4) is 0 Å². The maximum Gasteiger partial charge on any atom is 0.285 e. The second-order valence-electron chi connectivity index (χ2n) is 6.40. The number of nitrogens with one attached hydrogen (secondary N) is 1. The highest BCUT2D eigenvalue weighted by Crippen LogP contribution is 2.38. The number of halogens is 1. The van der Waals surface area contributed by atoms with E-state index in [-0.39, 0.29) is 24.2 Å². The molecule has 1 aliphatic rings. The molecule has 26 heavy (non-hydrogen) atoms. The zero-order chi connectivity index (χ0) is 18.7.